The second-order valence-electron chi connectivity index (χ2n) is 8.19. The zero-order chi connectivity index (χ0) is 24.3. The Hall–Kier alpha value is -3.54. The zero-order valence-electron chi connectivity index (χ0n) is 18.6. The first-order chi connectivity index (χ1) is 15.6. The molecule has 174 valence electrons. The van der Waals surface area contributed by atoms with Crippen LogP contribution in [0.15, 0.2) is 42.5 Å². The fourth-order valence-electron chi connectivity index (χ4n) is 3.89. The van der Waals surface area contributed by atoms with E-state index in [-0.39, 0.29) is 31.2 Å². The summed E-state index contributed by atoms with van der Waals surface area (Å²) < 4.78 is 40.2. The smallest absolute Gasteiger partial charge is 0.367 e. The number of alkyl halides is 3. The number of amides is 2. The standard InChI is InChI=1S/C24H25F3N4O2/c1-15(2)16-4-6-17(7-5-16)23(33)31-11-10-30(14-21(31)22(32)29-3)19-9-8-18(13-28)20(12-19)24(25,26)27/h4-9,12,15,21H,10-11,14H2,1-3H3,(H,29,32). The van der Waals surface area contributed by atoms with Crippen molar-refractivity contribution in [2.24, 2.45) is 0 Å². The summed E-state index contributed by atoms with van der Waals surface area (Å²) in [6.07, 6.45) is -4.68. The molecule has 1 saturated heterocycles. The highest BCUT2D eigenvalue weighted by Gasteiger charge is 2.37. The summed E-state index contributed by atoms with van der Waals surface area (Å²) in [5.74, 6) is -0.406. The molecule has 2 aromatic carbocycles. The summed E-state index contributed by atoms with van der Waals surface area (Å²) in [6, 6.07) is 11.3. The molecule has 0 aliphatic carbocycles. The van der Waals surface area contributed by atoms with Gasteiger partial charge in [-0.3, -0.25) is 9.59 Å². The number of nitrogens with zero attached hydrogens (tertiary/aromatic N) is 3. The van der Waals surface area contributed by atoms with Crippen LogP contribution in [-0.2, 0) is 11.0 Å². The van der Waals surface area contributed by atoms with Gasteiger partial charge in [-0.05, 0) is 41.8 Å². The van der Waals surface area contributed by atoms with Gasteiger partial charge in [0.15, 0.2) is 0 Å². The van der Waals surface area contributed by atoms with Crippen molar-refractivity contribution in [3.63, 3.8) is 0 Å². The fourth-order valence-corrected chi connectivity index (χ4v) is 3.89. The number of anilines is 1. The van der Waals surface area contributed by atoms with Crippen molar-refractivity contribution >= 4 is 17.5 Å². The van der Waals surface area contributed by atoms with Crippen molar-refractivity contribution in [3.05, 3.63) is 64.7 Å². The van der Waals surface area contributed by atoms with E-state index in [2.05, 4.69) is 5.32 Å². The molecular formula is C24H25F3N4O2. The molecule has 1 N–H and O–H groups in total. The third kappa shape index (κ3) is 5.11. The second-order valence-corrected chi connectivity index (χ2v) is 8.19. The summed E-state index contributed by atoms with van der Waals surface area (Å²) in [5.41, 5.74) is 0.277. The summed E-state index contributed by atoms with van der Waals surface area (Å²) in [4.78, 5) is 28.9. The molecule has 1 fully saturated rings. The number of likely N-dealkylation sites (N-methyl/N-ethyl adjacent to an activating group) is 1. The van der Waals surface area contributed by atoms with Crippen LogP contribution in [0.1, 0.15) is 46.8 Å². The van der Waals surface area contributed by atoms with Crippen molar-refractivity contribution in [1.29, 1.82) is 5.26 Å². The number of nitrogens with one attached hydrogen (secondary N) is 1. The van der Waals surface area contributed by atoms with Crippen LogP contribution < -0.4 is 10.2 Å². The van der Waals surface area contributed by atoms with Gasteiger partial charge in [-0.2, -0.15) is 18.4 Å². The molecule has 1 aliphatic rings. The van der Waals surface area contributed by atoms with Crippen molar-refractivity contribution in [2.75, 3.05) is 31.6 Å². The quantitative estimate of drug-likeness (QED) is 0.757. The number of piperazine rings is 1. The summed E-state index contributed by atoms with van der Waals surface area (Å²) in [5, 5.41) is 11.6. The molecule has 1 unspecified atom stereocenters. The van der Waals surface area contributed by atoms with E-state index in [0.29, 0.717) is 11.5 Å². The van der Waals surface area contributed by atoms with Crippen molar-refractivity contribution in [1.82, 2.24) is 10.2 Å². The maximum Gasteiger partial charge on any atom is 0.417 e. The van der Waals surface area contributed by atoms with Gasteiger partial charge in [0.1, 0.15) is 6.04 Å². The number of carbonyl (C=O) groups is 2. The highest BCUT2D eigenvalue weighted by atomic mass is 19.4. The van der Waals surface area contributed by atoms with Crippen LogP contribution in [-0.4, -0.2) is 49.4 Å². The monoisotopic (exact) mass is 458 g/mol. The maximum atomic E-state index is 13.4. The van der Waals surface area contributed by atoms with Crippen LogP contribution in [0.3, 0.4) is 0 Å². The van der Waals surface area contributed by atoms with Crippen LogP contribution in [0.25, 0.3) is 0 Å². The van der Waals surface area contributed by atoms with E-state index < -0.39 is 29.3 Å². The van der Waals surface area contributed by atoms with E-state index in [0.717, 1.165) is 17.7 Å². The van der Waals surface area contributed by atoms with Crippen LogP contribution in [0.5, 0.6) is 0 Å². The Morgan fingerprint density at radius 3 is 2.33 bits per heavy atom. The maximum absolute atomic E-state index is 13.4. The normalized spacial score (nSPS) is 16.5. The molecule has 0 radical (unpaired) electrons. The minimum absolute atomic E-state index is 0.0265. The molecule has 0 aromatic heterocycles. The number of hydrogen-bond donors (Lipinski definition) is 1. The minimum Gasteiger partial charge on any atom is -0.367 e. The van der Waals surface area contributed by atoms with Gasteiger partial charge in [0.05, 0.1) is 17.2 Å². The number of carbonyl (C=O) groups excluding carboxylic acids is 2. The van der Waals surface area contributed by atoms with Crippen molar-refractivity contribution < 1.29 is 22.8 Å². The number of nitriles is 1. The van der Waals surface area contributed by atoms with Gasteiger partial charge in [0.25, 0.3) is 5.91 Å². The molecule has 0 bridgehead atoms. The lowest BCUT2D eigenvalue weighted by Gasteiger charge is -2.41. The molecule has 9 heteroatoms. The van der Waals surface area contributed by atoms with E-state index in [1.807, 2.05) is 26.0 Å². The molecule has 3 rings (SSSR count). The van der Waals surface area contributed by atoms with Gasteiger partial charge < -0.3 is 15.1 Å². The Morgan fingerprint density at radius 2 is 1.79 bits per heavy atom. The van der Waals surface area contributed by atoms with Crippen molar-refractivity contribution in [3.8, 4) is 6.07 Å². The van der Waals surface area contributed by atoms with Gasteiger partial charge in [-0.25, -0.2) is 0 Å². The molecular weight excluding hydrogens is 433 g/mol. The van der Waals surface area contributed by atoms with Gasteiger partial charge in [0, 0.05) is 37.9 Å². The fraction of sp³-hybridized carbons (Fsp3) is 0.375. The zero-order valence-corrected chi connectivity index (χ0v) is 18.6. The third-order valence-corrected chi connectivity index (χ3v) is 5.81. The number of benzene rings is 2. The Bertz CT molecular complexity index is 1070. The number of hydrogen-bond acceptors (Lipinski definition) is 4. The van der Waals surface area contributed by atoms with Crippen LogP contribution >= 0.6 is 0 Å². The van der Waals surface area contributed by atoms with E-state index in [1.54, 1.807) is 23.1 Å². The van der Waals surface area contributed by atoms with Crippen LogP contribution in [0.2, 0.25) is 0 Å². The molecule has 0 saturated carbocycles. The topological polar surface area (TPSA) is 76.4 Å². The molecule has 1 aliphatic heterocycles. The lowest BCUT2D eigenvalue weighted by atomic mass is 10.0. The number of rotatable bonds is 4. The Kier molecular flexibility index (Phi) is 6.96. The van der Waals surface area contributed by atoms with Gasteiger partial charge >= 0.3 is 6.18 Å². The average molecular weight is 458 g/mol. The highest BCUT2D eigenvalue weighted by molar-refractivity contribution is 5.98. The van der Waals surface area contributed by atoms with Crippen LogP contribution in [0, 0.1) is 11.3 Å². The average Bonchev–Trinajstić information content (AvgIpc) is 2.81. The first-order valence-corrected chi connectivity index (χ1v) is 10.6. The molecule has 33 heavy (non-hydrogen) atoms. The molecule has 1 heterocycles. The molecule has 6 nitrogen and oxygen atoms in total. The lowest BCUT2D eigenvalue weighted by molar-refractivity contribution is -0.137. The highest BCUT2D eigenvalue weighted by Crippen LogP contribution is 2.35. The first-order valence-electron chi connectivity index (χ1n) is 10.6. The number of halogens is 3. The molecule has 2 amide bonds. The van der Waals surface area contributed by atoms with Gasteiger partial charge in [-0.15, -0.1) is 0 Å². The van der Waals surface area contributed by atoms with E-state index in [4.69, 9.17) is 5.26 Å². The Labute approximate surface area is 190 Å². The van der Waals surface area contributed by atoms with E-state index in [1.165, 1.54) is 18.0 Å². The van der Waals surface area contributed by atoms with Crippen molar-refractivity contribution in [2.45, 2.75) is 32.0 Å². The second kappa shape index (κ2) is 9.53. The summed E-state index contributed by atoms with van der Waals surface area (Å²) >= 11 is 0. The minimum atomic E-state index is -4.68. The van der Waals surface area contributed by atoms with E-state index in [9.17, 15) is 22.8 Å². The molecule has 1 atom stereocenters. The predicted octanol–water partition coefficient (Wildman–Crippen LogP) is 3.78. The van der Waals surface area contributed by atoms with Gasteiger partial charge in [0.2, 0.25) is 5.91 Å². The largest absolute Gasteiger partial charge is 0.417 e. The predicted molar refractivity (Wildman–Crippen MR) is 118 cm³/mol. The first kappa shape index (κ1) is 24.1. The van der Waals surface area contributed by atoms with E-state index >= 15 is 0 Å². The third-order valence-electron chi connectivity index (χ3n) is 5.81. The SMILES string of the molecule is CNC(=O)C1CN(c2ccc(C#N)c(C(F)(F)F)c2)CCN1C(=O)c1ccc(C(C)C)cc1. The Morgan fingerprint density at radius 1 is 1.12 bits per heavy atom. The summed E-state index contributed by atoms with van der Waals surface area (Å²) in [7, 11) is 1.45. The van der Waals surface area contributed by atoms with Gasteiger partial charge in [-0.1, -0.05) is 26.0 Å². The molecule has 2 aromatic rings. The van der Waals surface area contributed by atoms with Crippen LogP contribution in [0.4, 0.5) is 18.9 Å². The Balaban J connectivity index is 1.88. The molecule has 0 spiro atoms. The summed E-state index contributed by atoms with van der Waals surface area (Å²) in [6.45, 7) is 4.52. The lowest BCUT2D eigenvalue weighted by Crippen LogP contribution is -2.60.